The first-order chi connectivity index (χ1) is 10.3. The second-order valence-electron chi connectivity index (χ2n) is 6.58. The Morgan fingerprint density at radius 2 is 1.91 bits per heavy atom. The summed E-state index contributed by atoms with van der Waals surface area (Å²) in [5.74, 6) is 0.174. The average Bonchev–Trinajstić information content (AvgIpc) is 2.49. The molecule has 1 aromatic carbocycles. The molecule has 0 spiro atoms. The molecule has 0 saturated heterocycles. The van der Waals surface area contributed by atoms with E-state index in [1.54, 1.807) is 7.11 Å². The molecule has 1 N–H and O–H groups in total. The fourth-order valence-corrected chi connectivity index (χ4v) is 3.91. The molecule has 3 nitrogen and oxygen atoms in total. The van der Waals surface area contributed by atoms with Crippen LogP contribution in [0.25, 0.3) is 0 Å². The Bertz CT molecular complexity index is 572. The summed E-state index contributed by atoms with van der Waals surface area (Å²) in [5, 5.41) is 10.6. The van der Waals surface area contributed by atoms with E-state index in [1.165, 1.54) is 0 Å². The maximum absolute atomic E-state index is 12.2. The normalized spacial score (nSPS) is 17.5. The Morgan fingerprint density at radius 1 is 1.32 bits per heavy atom. The molecule has 0 aliphatic heterocycles. The summed E-state index contributed by atoms with van der Waals surface area (Å²) >= 11 is 6.43. The Labute approximate surface area is 137 Å². The zero-order valence-electron chi connectivity index (χ0n) is 13.8. The molecule has 122 valence electrons. The van der Waals surface area contributed by atoms with Gasteiger partial charge in [0, 0.05) is 10.6 Å². The van der Waals surface area contributed by atoms with Crippen molar-refractivity contribution in [3.8, 4) is 5.75 Å². The Morgan fingerprint density at radius 3 is 2.36 bits per heavy atom. The minimum atomic E-state index is -0.873. The Kier molecular flexibility index (Phi) is 5.06. The van der Waals surface area contributed by atoms with Gasteiger partial charge in [-0.3, -0.25) is 4.79 Å². The summed E-state index contributed by atoms with van der Waals surface area (Å²) in [6, 6.07) is 1.92. The Hall–Kier alpha value is -1.22. The summed E-state index contributed by atoms with van der Waals surface area (Å²) < 4.78 is 5.68. The van der Waals surface area contributed by atoms with Gasteiger partial charge in [-0.25, -0.2) is 0 Å². The van der Waals surface area contributed by atoms with E-state index in [1.807, 2.05) is 13.0 Å². The van der Waals surface area contributed by atoms with Crippen molar-refractivity contribution in [1.29, 1.82) is 0 Å². The van der Waals surface area contributed by atoms with Crippen LogP contribution in [0.15, 0.2) is 6.07 Å². The van der Waals surface area contributed by atoms with Crippen molar-refractivity contribution in [3.05, 3.63) is 27.8 Å². The van der Waals surface area contributed by atoms with Gasteiger partial charge in [0.25, 0.3) is 0 Å². The highest BCUT2D eigenvalue weighted by atomic mass is 35.5. The van der Waals surface area contributed by atoms with Gasteiger partial charge in [0.05, 0.1) is 12.5 Å². The van der Waals surface area contributed by atoms with Gasteiger partial charge < -0.3 is 9.84 Å². The summed E-state index contributed by atoms with van der Waals surface area (Å²) in [6.45, 7) is 6.05. The minimum Gasteiger partial charge on any atom is -0.496 e. The van der Waals surface area contributed by atoms with Crippen molar-refractivity contribution < 1.29 is 14.6 Å². The minimum absolute atomic E-state index is 0.223. The van der Waals surface area contributed by atoms with E-state index in [0.29, 0.717) is 23.6 Å². The molecule has 0 heterocycles. The zero-order valence-corrected chi connectivity index (χ0v) is 14.6. The summed E-state index contributed by atoms with van der Waals surface area (Å²) in [7, 11) is 1.62. The van der Waals surface area contributed by atoms with Gasteiger partial charge in [-0.05, 0) is 42.9 Å². The van der Waals surface area contributed by atoms with E-state index >= 15 is 0 Å². The fourth-order valence-electron chi connectivity index (χ4n) is 3.70. The van der Waals surface area contributed by atoms with E-state index in [-0.39, 0.29) is 5.92 Å². The van der Waals surface area contributed by atoms with E-state index in [0.717, 1.165) is 36.0 Å². The smallest absolute Gasteiger partial charge is 0.314 e. The highest BCUT2D eigenvalue weighted by Crippen LogP contribution is 2.49. The second kappa shape index (κ2) is 6.49. The number of carboxylic acid groups (broad SMARTS) is 1. The molecule has 0 bridgehead atoms. The Balaban J connectivity index is 2.78. The van der Waals surface area contributed by atoms with Crippen LogP contribution in [-0.2, 0) is 10.2 Å². The second-order valence-corrected chi connectivity index (χ2v) is 6.99. The van der Waals surface area contributed by atoms with Gasteiger partial charge >= 0.3 is 5.97 Å². The van der Waals surface area contributed by atoms with Gasteiger partial charge in [-0.15, -0.1) is 0 Å². The molecule has 1 fully saturated rings. The van der Waals surface area contributed by atoms with Crippen LogP contribution in [0, 0.1) is 6.92 Å². The number of ether oxygens (including phenoxy) is 1. The first kappa shape index (κ1) is 17.1. The molecule has 0 unspecified atom stereocenters. The number of methoxy groups -OCH3 is 1. The van der Waals surface area contributed by atoms with Crippen LogP contribution in [0.2, 0.25) is 5.02 Å². The number of hydrogen-bond donors (Lipinski definition) is 1. The largest absolute Gasteiger partial charge is 0.496 e. The van der Waals surface area contributed by atoms with Crippen molar-refractivity contribution in [2.75, 3.05) is 7.11 Å². The van der Waals surface area contributed by atoms with Crippen molar-refractivity contribution in [3.63, 3.8) is 0 Å². The van der Waals surface area contributed by atoms with Crippen LogP contribution in [0.1, 0.15) is 68.6 Å². The number of hydrogen-bond acceptors (Lipinski definition) is 2. The van der Waals surface area contributed by atoms with Crippen LogP contribution in [0.3, 0.4) is 0 Å². The topological polar surface area (TPSA) is 46.5 Å². The highest BCUT2D eigenvalue weighted by Gasteiger charge is 2.45. The molecule has 2 rings (SSSR count). The molecule has 0 amide bonds. The third kappa shape index (κ3) is 2.71. The predicted molar refractivity (Wildman–Crippen MR) is 89.2 cm³/mol. The van der Waals surface area contributed by atoms with Crippen molar-refractivity contribution in [2.45, 2.75) is 64.2 Å². The lowest BCUT2D eigenvalue weighted by Gasteiger charge is -2.37. The molecule has 4 heteroatoms. The predicted octanol–water partition coefficient (Wildman–Crippen LogP) is 5.07. The standard InChI is InChI=1S/C18H25ClO3/c1-11(2)13-10-14(19)12(3)15(16(13)22-4)18(17(20)21)8-6-5-7-9-18/h10-11H,5-9H2,1-4H3,(H,20,21). The molecule has 1 aromatic rings. The first-order valence-corrected chi connectivity index (χ1v) is 8.33. The van der Waals surface area contributed by atoms with Crippen LogP contribution < -0.4 is 4.74 Å². The lowest BCUT2D eigenvalue weighted by Crippen LogP contribution is -2.39. The molecular weight excluding hydrogens is 300 g/mol. The lowest BCUT2D eigenvalue weighted by atomic mass is 9.67. The van der Waals surface area contributed by atoms with Crippen LogP contribution >= 0.6 is 11.6 Å². The summed E-state index contributed by atoms with van der Waals surface area (Å²) in [6.07, 6.45) is 4.25. The number of aliphatic carboxylic acids is 1. The number of carbonyl (C=O) groups is 1. The monoisotopic (exact) mass is 324 g/mol. The summed E-state index contributed by atoms with van der Waals surface area (Å²) in [5.41, 5.74) is 1.74. The van der Waals surface area contributed by atoms with Crippen LogP contribution in [0.4, 0.5) is 0 Å². The molecule has 22 heavy (non-hydrogen) atoms. The highest BCUT2D eigenvalue weighted by molar-refractivity contribution is 6.31. The molecule has 1 aliphatic rings. The maximum atomic E-state index is 12.2. The van der Waals surface area contributed by atoms with E-state index in [9.17, 15) is 9.90 Å². The van der Waals surface area contributed by atoms with Crippen LogP contribution in [-0.4, -0.2) is 18.2 Å². The van der Waals surface area contributed by atoms with Gasteiger partial charge in [0.1, 0.15) is 5.75 Å². The van der Waals surface area contributed by atoms with E-state index < -0.39 is 11.4 Å². The van der Waals surface area contributed by atoms with Crippen molar-refractivity contribution in [2.24, 2.45) is 0 Å². The van der Waals surface area contributed by atoms with E-state index in [2.05, 4.69) is 13.8 Å². The molecule has 0 atom stereocenters. The van der Waals surface area contributed by atoms with Crippen molar-refractivity contribution in [1.82, 2.24) is 0 Å². The third-order valence-corrected chi connectivity index (χ3v) is 5.32. The number of carboxylic acids is 1. The molecule has 0 aromatic heterocycles. The molecule has 1 saturated carbocycles. The first-order valence-electron chi connectivity index (χ1n) is 7.96. The fraction of sp³-hybridized carbons (Fsp3) is 0.611. The zero-order chi connectivity index (χ0) is 16.5. The molecule has 0 radical (unpaired) electrons. The van der Waals surface area contributed by atoms with Gasteiger partial charge in [-0.1, -0.05) is 44.7 Å². The van der Waals surface area contributed by atoms with E-state index in [4.69, 9.17) is 16.3 Å². The average molecular weight is 325 g/mol. The number of benzene rings is 1. The quantitative estimate of drug-likeness (QED) is 0.841. The van der Waals surface area contributed by atoms with Gasteiger partial charge in [-0.2, -0.15) is 0 Å². The number of rotatable bonds is 4. The SMILES string of the molecule is COc1c(C(C)C)cc(Cl)c(C)c1C1(C(=O)O)CCCCC1. The van der Waals surface area contributed by atoms with Gasteiger partial charge in [0.2, 0.25) is 0 Å². The molecule has 1 aliphatic carbocycles. The third-order valence-electron chi connectivity index (χ3n) is 4.93. The number of halogens is 1. The summed E-state index contributed by atoms with van der Waals surface area (Å²) in [4.78, 5) is 12.2. The lowest BCUT2D eigenvalue weighted by molar-refractivity contribution is -0.145. The van der Waals surface area contributed by atoms with Crippen molar-refractivity contribution >= 4 is 17.6 Å². The van der Waals surface area contributed by atoms with Gasteiger partial charge in [0.15, 0.2) is 0 Å². The maximum Gasteiger partial charge on any atom is 0.314 e. The molecular formula is C18H25ClO3. The van der Waals surface area contributed by atoms with Crippen LogP contribution in [0.5, 0.6) is 5.75 Å².